The lowest BCUT2D eigenvalue weighted by Gasteiger charge is -2.28. The number of nitrogens with one attached hydrogen (secondary N) is 1. The molecule has 2 rings (SSSR count). The Morgan fingerprint density at radius 1 is 1.18 bits per heavy atom. The second kappa shape index (κ2) is 9.48. The molecule has 0 aliphatic carbocycles. The highest BCUT2D eigenvalue weighted by molar-refractivity contribution is 6.30. The van der Waals surface area contributed by atoms with Gasteiger partial charge in [0.25, 0.3) is 5.91 Å². The Hall–Kier alpha value is -2.70. The molecule has 0 heterocycles. The van der Waals surface area contributed by atoms with Crippen LogP contribution in [0.4, 0.5) is 0 Å². The molecule has 3 N–H and O–H groups in total. The molecule has 0 saturated heterocycles. The van der Waals surface area contributed by atoms with E-state index in [1.807, 2.05) is 42.5 Å². The van der Waals surface area contributed by atoms with Crippen molar-refractivity contribution < 1.29 is 24.6 Å². The molecule has 0 radical (unpaired) electrons. The number of aliphatic hydroxyl groups excluding tert-OH is 1. The van der Waals surface area contributed by atoms with Crippen molar-refractivity contribution in [2.45, 2.75) is 25.8 Å². The predicted molar refractivity (Wildman–Crippen MR) is 106 cm³/mol. The summed E-state index contributed by atoms with van der Waals surface area (Å²) in [7, 11) is 0. The Labute approximate surface area is 168 Å². The first-order valence-electron chi connectivity index (χ1n) is 8.72. The molecule has 0 saturated carbocycles. The number of aliphatic hydroxyl groups is 1. The summed E-state index contributed by atoms with van der Waals surface area (Å²) in [4.78, 5) is 33.7. The summed E-state index contributed by atoms with van der Waals surface area (Å²) in [6.45, 7) is 0.821. The van der Waals surface area contributed by atoms with Crippen molar-refractivity contribution in [3.63, 3.8) is 0 Å². The molecular formula is C21H22ClNO5. The van der Waals surface area contributed by atoms with Crippen LogP contribution in [-0.2, 0) is 20.8 Å². The third-order valence-electron chi connectivity index (χ3n) is 4.61. The maximum absolute atomic E-state index is 11.5. The van der Waals surface area contributed by atoms with Crippen LogP contribution in [0.3, 0.4) is 0 Å². The minimum atomic E-state index is -1.43. The van der Waals surface area contributed by atoms with Crippen LogP contribution in [0.1, 0.15) is 18.9 Å². The average molecular weight is 404 g/mol. The van der Waals surface area contributed by atoms with Crippen LogP contribution in [0, 0.1) is 5.41 Å². The molecule has 0 aliphatic rings. The Bertz CT molecular complexity index is 852. The van der Waals surface area contributed by atoms with Gasteiger partial charge in [-0.2, -0.15) is 0 Å². The molecule has 148 valence electrons. The standard InChI is InChI=1S/C21H22ClNO5/c1-21(13-25,20(27)28)11-18(23-19(26)12-24)9-14-5-7-15(8-6-14)16-3-2-4-17(22)10-16/h2-8,10,12,18,25H,9,11,13H2,1H3,(H,23,26)(H,27,28)/t18-,21?/m1/s1. The molecule has 2 aromatic rings. The highest BCUT2D eigenvalue weighted by Crippen LogP contribution is 2.26. The lowest BCUT2D eigenvalue weighted by atomic mass is 9.82. The van der Waals surface area contributed by atoms with Crippen molar-refractivity contribution in [3.8, 4) is 11.1 Å². The third kappa shape index (κ3) is 5.65. The van der Waals surface area contributed by atoms with E-state index in [-0.39, 0.29) is 12.7 Å². The van der Waals surface area contributed by atoms with Gasteiger partial charge < -0.3 is 15.5 Å². The second-order valence-corrected chi connectivity index (χ2v) is 7.40. The largest absolute Gasteiger partial charge is 0.481 e. The number of halogens is 1. The molecule has 7 heteroatoms. The maximum atomic E-state index is 11.5. The van der Waals surface area contributed by atoms with E-state index in [1.165, 1.54) is 6.92 Å². The van der Waals surface area contributed by atoms with Crippen LogP contribution in [0.15, 0.2) is 48.5 Å². The van der Waals surface area contributed by atoms with Gasteiger partial charge in [0, 0.05) is 11.1 Å². The first-order valence-corrected chi connectivity index (χ1v) is 9.10. The lowest BCUT2D eigenvalue weighted by Crippen LogP contribution is -2.44. The highest BCUT2D eigenvalue weighted by atomic mass is 35.5. The van der Waals surface area contributed by atoms with Gasteiger partial charge in [-0.05, 0) is 48.6 Å². The van der Waals surface area contributed by atoms with Crippen molar-refractivity contribution in [3.05, 3.63) is 59.1 Å². The minimum Gasteiger partial charge on any atom is -0.481 e. The molecule has 28 heavy (non-hydrogen) atoms. The van der Waals surface area contributed by atoms with E-state index in [0.717, 1.165) is 16.7 Å². The quantitative estimate of drug-likeness (QED) is 0.441. The van der Waals surface area contributed by atoms with Gasteiger partial charge in [0.1, 0.15) is 0 Å². The number of benzene rings is 2. The van der Waals surface area contributed by atoms with Crippen LogP contribution in [0.5, 0.6) is 0 Å². The van der Waals surface area contributed by atoms with Gasteiger partial charge in [-0.15, -0.1) is 0 Å². The first-order chi connectivity index (χ1) is 13.3. The second-order valence-electron chi connectivity index (χ2n) is 6.96. The van der Waals surface area contributed by atoms with E-state index >= 15 is 0 Å². The SMILES string of the molecule is CC(CO)(C[C@@H](Cc1ccc(-c2cccc(Cl)c2)cc1)NC(=O)C=O)C(=O)O. The molecule has 0 fully saturated rings. The summed E-state index contributed by atoms with van der Waals surface area (Å²) in [5.41, 5.74) is 1.35. The number of carbonyl (C=O) groups excluding carboxylic acids is 2. The number of hydrogen-bond donors (Lipinski definition) is 3. The fourth-order valence-electron chi connectivity index (χ4n) is 2.96. The molecule has 0 bridgehead atoms. The van der Waals surface area contributed by atoms with Crippen LogP contribution >= 0.6 is 11.6 Å². The Morgan fingerprint density at radius 2 is 1.86 bits per heavy atom. The normalized spacial score (nSPS) is 14.0. The molecule has 1 amide bonds. The smallest absolute Gasteiger partial charge is 0.311 e. The first kappa shape index (κ1) is 21.6. The van der Waals surface area contributed by atoms with Gasteiger partial charge in [-0.1, -0.05) is 48.0 Å². The van der Waals surface area contributed by atoms with Gasteiger partial charge in [-0.25, -0.2) is 0 Å². The van der Waals surface area contributed by atoms with Crippen LogP contribution in [0.2, 0.25) is 5.02 Å². The van der Waals surface area contributed by atoms with E-state index in [9.17, 15) is 24.6 Å². The highest BCUT2D eigenvalue weighted by Gasteiger charge is 2.35. The number of carboxylic acid groups (broad SMARTS) is 1. The van der Waals surface area contributed by atoms with Crippen molar-refractivity contribution in [1.82, 2.24) is 5.32 Å². The van der Waals surface area contributed by atoms with E-state index in [0.29, 0.717) is 11.4 Å². The molecule has 0 spiro atoms. The molecular weight excluding hydrogens is 382 g/mol. The molecule has 2 atom stereocenters. The number of carbonyl (C=O) groups is 3. The Kier molecular flexibility index (Phi) is 7.31. The fourth-order valence-corrected chi connectivity index (χ4v) is 3.15. The summed E-state index contributed by atoms with van der Waals surface area (Å²) in [6.07, 6.45) is 0.443. The summed E-state index contributed by atoms with van der Waals surface area (Å²) in [6, 6.07) is 14.4. The minimum absolute atomic E-state index is 0.0194. The van der Waals surface area contributed by atoms with E-state index in [1.54, 1.807) is 6.07 Å². The van der Waals surface area contributed by atoms with E-state index in [4.69, 9.17) is 11.6 Å². The van der Waals surface area contributed by atoms with Gasteiger partial charge in [-0.3, -0.25) is 14.4 Å². The van der Waals surface area contributed by atoms with E-state index in [2.05, 4.69) is 5.32 Å². The van der Waals surface area contributed by atoms with E-state index < -0.39 is 29.9 Å². The molecule has 0 aliphatic heterocycles. The van der Waals surface area contributed by atoms with Crippen molar-refractivity contribution >= 4 is 29.8 Å². The zero-order valence-electron chi connectivity index (χ0n) is 15.4. The van der Waals surface area contributed by atoms with Gasteiger partial charge in [0.2, 0.25) is 6.29 Å². The molecule has 0 aromatic heterocycles. The predicted octanol–water partition coefficient (Wildman–Crippen LogP) is 2.71. The van der Waals surface area contributed by atoms with Gasteiger partial charge in [0.05, 0.1) is 12.0 Å². The number of rotatable bonds is 9. The summed E-state index contributed by atoms with van der Waals surface area (Å²) in [5, 5.41) is 22.0. The van der Waals surface area contributed by atoms with Crippen molar-refractivity contribution in [2.75, 3.05) is 6.61 Å². The Balaban J connectivity index is 2.19. The lowest BCUT2D eigenvalue weighted by molar-refractivity contribution is -0.151. The molecule has 6 nitrogen and oxygen atoms in total. The zero-order valence-corrected chi connectivity index (χ0v) is 16.1. The van der Waals surface area contributed by atoms with Crippen molar-refractivity contribution in [2.24, 2.45) is 5.41 Å². The summed E-state index contributed by atoms with van der Waals surface area (Å²) < 4.78 is 0. The van der Waals surface area contributed by atoms with Crippen LogP contribution in [-0.4, -0.2) is 41.0 Å². The maximum Gasteiger partial charge on any atom is 0.311 e. The monoisotopic (exact) mass is 403 g/mol. The molecule has 1 unspecified atom stereocenters. The third-order valence-corrected chi connectivity index (χ3v) is 4.84. The summed E-state index contributed by atoms with van der Waals surface area (Å²) in [5.74, 6) is -2.00. The van der Waals surface area contributed by atoms with Crippen LogP contribution < -0.4 is 5.32 Å². The number of hydrogen-bond acceptors (Lipinski definition) is 4. The zero-order chi connectivity index (χ0) is 20.7. The summed E-state index contributed by atoms with van der Waals surface area (Å²) >= 11 is 6.02. The average Bonchev–Trinajstić information content (AvgIpc) is 2.68. The number of aliphatic carboxylic acids is 1. The number of amides is 1. The van der Waals surface area contributed by atoms with Gasteiger partial charge in [0.15, 0.2) is 0 Å². The van der Waals surface area contributed by atoms with Crippen LogP contribution in [0.25, 0.3) is 11.1 Å². The number of carboxylic acids is 1. The molecule has 2 aromatic carbocycles. The van der Waals surface area contributed by atoms with Gasteiger partial charge >= 0.3 is 5.97 Å². The Morgan fingerprint density at radius 3 is 2.39 bits per heavy atom. The number of aldehydes is 1. The fraction of sp³-hybridized carbons (Fsp3) is 0.286. The van der Waals surface area contributed by atoms with Crippen molar-refractivity contribution in [1.29, 1.82) is 0 Å². The topological polar surface area (TPSA) is 104 Å².